The summed E-state index contributed by atoms with van der Waals surface area (Å²) in [6, 6.07) is -1.16. The second kappa shape index (κ2) is 6.29. The first-order valence-electron chi connectivity index (χ1n) is 3.23. The van der Waals surface area contributed by atoms with Crippen molar-refractivity contribution in [2.45, 2.75) is 12.5 Å². The van der Waals surface area contributed by atoms with E-state index in [4.69, 9.17) is 15.4 Å². The van der Waals surface area contributed by atoms with E-state index >= 15 is 0 Å². The second-order valence-corrected chi connectivity index (χ2v) is 3.81. The van der Waals surface area contributed by atoms with Crippen LogP contribution in [0.2, 0.25) is 0 Å². The van der Waals surface area contributed by atoms with Gasteiger partial charge < -0.3 is 16.6 Å². The molecule has 0 aromatic heterocycles. The number of carboxylic acids is 1. The fourth-order valence-corrected chi connectivity index (χ4v) is 0.304. The van der Waals surface area contributed by atoms with Crippen molar-refractivity contribution in [3.63, 3.8) is 0 Å². The summed E-state index contributed by atoms with van der Waals surface area (Å²) in [4.78, 5) is 19.9. The minimum Gasteiger partial charge on any atom is -0.480 e. The van der Waals surface area contributed by atoms with Crippen LogP contribution in [0.5, 0.6) is 0 Å². The average molecular weight is 228 g/mol. The number of carbonyl (C=O) groups excluding carboxylic acids is 1. The SMILES string of the molecule is CS(=O)(=O)O.NC(=O)C[C@H](N)C(=O)O. The van der Waals surface area contributed by atoms with E-state index in [0.29, 0.717) is 6.26 Å². The zero-order chi connectivity index (χ0) is 11.9. The molecule has 0 radical (unpaired) electrons. The Morgan fingerprint density at radius 2 is 1.71 bits per heavy atom. The number of aliphatic carboxylic acids is 1. The van der Waals surface area contributed by atoms with Crippen LogP contribution in [0.15, 0.2) is 0 Å². The topological polar surface area (TPSA) is 161 Å². The van der Waals surface area contributed by atoms with Crippen molar-refractivity contribution in [3.8, 4) is 0 Å². The van der Waals surface area contributed by atoms with Crippen LogP contribution >= 0.6 is 0 Å². The Balaban J connectivity index is 0. The van der Waals surface area contributed by atoms with Gasteiger partial charge in [0.15, 0.2) is 0 Å². The Morgan fingerprint density at radius 3 is 1.79 bits per heavy atom. The van der Waals surface area contributed by atoms with E-state index in [1.165, 1.54) is 0 Å². The van der Waals surface area contributed by atoms with Gasteiger partial charge in [-0.05, 0) is 0 Å². The van der Waals surface area contributed by atoms with E-state index in [2.05, 4.69) is 5.73 Å². The van der Waals surface area contributed by atoms with Gasteiger partial charge in [-0.1, -0.05) is 0 Å². The highest BCUT2D eigenvalue weighted by Gasteiger charge is 2.13. The van der Waals surface area contributed by atoms with Gasteiger partial charge in [0.1, 0.15) is 6.04 Å². The Kier molecular flexibility index (Phi) is 6.87. The van der Waals surface area contributed by atoms with E-state index in [1.807, 2.05) is 0 Å². The molecule has 0 saturated heterocycles. The van der Waals surface area contributed by atoms with Crippen molar-refractivity contribution >= 4 is 22.0 Å². The molecule has 8 nitrogen and oxygen atoms in total. The smallest absolute Gasteiger partial charge is 0.321 e. The van der Waals surface area contributed by atoms with Crippen LogP contribution in [0, 0.1) is 0 Å². The first kappa shape index (κ1) is 15.3. The first-order valence-corrected chi connectivity index (χ1v) is 5.08. The van der Waals surface area contributed by atoms with Gasteiger partial charge in [0.05, 0.1) is 12.7 Å². The third kappa shape index (κ3) is 22.4. The van der Waals surface area contributed by atoms with Crippen LogP contribution in [0.4, 0.5) is 0 Å². The van der Waals surface area contributed by atoms with E-state index in [-0.39, 0.29) is 6.42 Å². The molecule has 0 aliphatic heterocycles. The molecular weight excluding hydrogens is 216 g/mol. The van der Waals surface area contributed by atoms with Gasteiger partial charge in [-0.3, -0.25) is 14.1 Å². The first-order chi connectivity index (χ1) is 6.04. The van der Waals surface area contributed by atoms with E-state index < -0.39 is 28.0 Å². The van der Waals surface area contributed by atoms with Crippen molar-refractivity contribution < 1.29 is 27.7 Å². The molecular formula is C5H12N2O6S. The minimum atomic E-state index is -3.67. The number of nitrogens with two attached hydrogens (primary N) is 2. The number of amides is 1. The quantitative estimate of drug-likeness (QED) is 0.397. The number of hydrogen-bond donors (Lipinski definition) is 4. The van der Waals surface area contributed by atoms with Gasteiger partial charge in [-0.25, -0.2) is 0 Å². The molecule has 6 N–H and O–H groups in total. The summed E-state index contributed by atoms with van der Waals surface area (Å²) < 4.78 is 25.9. The number of primary amides is 1. The van der Waals surface area contributed by atoms with E-state index in [0.717, 1.165) is 0 Å². The third-order valence-corrected chi connectivity index (χ3v) is 0.738. The molecule has 14 heavy (non-hydrogen) atoms. The van der Waals surface area contributed by atoms with Crippen LogP contribution in [0.3, 0.4) is 0 Å². The predicted octanol–water partition coefficient (Wildman–Crippen LogP) is -2.22. The standard InChI is InChI=1S/C4H8N2O3.CH4O3S/c5-2(4(8)9)1-3(6)7;1-5(2,3)4/h2H,1,5H2,(H2,6,7)(H,8,9);1H3,(H,2,3,4)/t2-;/m0./s1. The third-order valence-electron chi connectivity index (χ3n) is 0.738. The molecule has 0 aromatic carbocycles. The number of hydrogen-bond acceptors (Lipinski definition) is 5. The molecule has 84 valence electrons. The lowest BCUT2D eigenvalue weighted by Gasteiger charge is -1.99. The lowest BCUT2D eigenvalue weighted by molar-refractivity contribution is -0.140. The fraction of sp³-hybridized carbons (Fsp3) is 0.600. The van der Waals surface area contributed by atoms with E-state index in [9.17, 15) is 18.0 Å². The van der Waals surface area contributed by atoms with Crippen molar-refractivity contribution in [1.29, 1.82) is 0 Å². The molecule has 0 rings (SSSR count). The normalized spacial score (nSPS) is 12.2. The zero-order valence-electron chi connectivity index (χ0n) is 7.37. The van der Waals surface area contributed by atoms with Gasteiger partial charge in [0.2, 0.25) is 5.91 Å². The summed E-state index contributed by atoms with van der Waals surface area (Å²) in [5.41, 5.74) is 9.57. The summed E-state index contributed by atoms with van der Waals surface area (Å²) >= 11 is 0. The molecule has 9 heteroatoms. The number of rotatable bonds is 3. The minimum absolute atomic E-state index is 0.310. The van der Waals surface area contributed by atoms with Crippen molar-refractivity contribution in [2.24, 2.45) is 11.5 Å². The molecule has 0 spiro atoms. The van der Waals surface area contributed by atoms with Crippen LogP contribution in [-0.2, 0) is 19.7 Å². The van der Waals surface area contributed by atoms with E-state index in [1.54, 1.807) is 0 Å². The van der Waals surface area contributed by atoms with Crippen molar-refractivity contribution in [2.75, 3.05) is 6.26 Å². The molecule has 0 saturated carbocycles. The Morgan fingerprint density at radius 1 is 1.43 bits per heavy atom. The highest BCUT2D eigenvalue weighted by atomic mass is 32.2. The summed E-state index contributed by atoms with van der Waals surface area (Å²) in [7, 11) is -3.67. The van der Waals surface area contributed by atoms with Gasteiger partial charge in [-0.15, -0.1) is 0 Å². The van der Waals surface area contributed by atoms with Crippen LogP contribution in [-0.4, -0.2) is 42.3 Å². The molecule has 1 amide bonds. The fourth-order valence-electron chi connectivity index (χ4n) is 0.304. The molecule has 0 fully saturated rings. The lowest BCUT2D eigenvalue weighted by Crippen LogP contribution is -2.34. The Labute approximate surface area is 80.6 Å². The molecule has 0 bridgehead atoms. The zero-order valence-corrected chi connectivity index (χ0v) is 8.19. The number of carbonyl (C=O) groups is 2. The van der Waals surface area contributed by atoms with Crippen molar-refractivity contribution in [3.05, 3.63) is 0 Å². The molecule has 1 atom stereocenters. The van der Waals surface area contributed by atoms with Crippen LogP contribution < -0.4 is 11.5 Å². The summed E-state index contributed by atoms with van der Waals surface area (Å²) in [6.07, 6.45) is 0.405. The molecule has 0 unspecified atom stereocenters. The Hall–Kier alpha value is -1.19. The van der Waals surface area contributed by atoms with Crippen molar-refractivity contribution in [1.82, 2.24) is 0 Å². The second-order valence-electron chi connectivity index (χ2n) is 2.35. The van der Waals surface area contributed by atoms with Crippen LogP contribution in [0.25, 0.3) is 0 Å². The maximum atomic E-state index is 9.99. The maximum Gasteiger partial charge on any atom is 0.321 e. The highest BCUT2D eigenvalue weighted by Crippen LogP contribution is 1.84. The molecule has 0 aromatic rings. The summed E-state index contributed by atoms with van der Waals surface area (Å²) in [6.45, 7) is 0. The van der Waals surface area contributed by atoms with Gasteiger partial charge in [0.25, 0.3) is 10.1 Å². The van der Waals surface area contributed by atoms with Gasteiger partial charge in [0, 0.05) is 0 Å². The van der Waals surface area contributed by atoms with Crippen LogP contribution in [0.1, 0.15) is 6.42 Å². The Bertz CT molecular complexity index is 289. The maximum absolute atomic E-state index is 9.99. The monoisotopic (exact) mass is 228 g/mol. The van der Waals surface area contributed by atoms with Gasteiger partial charge in [-0.2, -0.15) is 8.42 Å². The largest absolute Gasteiger partial charge is 0.480 e. The summed E-state index contributed by atoms with van der Waals surface area (Å²) in [5, 5.41) is 8.10. The lowest BCUT2D eigenvalue weighted by atomic mass is 10.2. The number of carboxylic acid groups (broad SMARTS) is 1. The highest BCUT2D eigenvalue weighted by molar-refractivity contribution is 7.85. The predicted molar refractivity (Wildman–Crippen MR) is 46.9 cm³/mol. The molecule has 0 aliphatic rings. The summed E-state index contributed by atoms with van der Waals surface area (Å²) in [5.74, 6) is -1.92. The average Bonchev–Trinajstić information content (AvgIpc) is 1.80. The molecule has 0 aliphatic carbocycles. The molecule has 0 heterocycles. The van der Waals surface area contributed by atoms with Gasteiger partial charge >= 0.3 is 5.97 Å².